The minimum Gasteiger partial charge on any atom is -0.296 e. The molecule has 0 aliphatic rings. The van der Waals surface area contributed by atoms with Gasteiger partial charge in [0, 0.05) is 0 Å². The first kappa shape index (κ1) is 9.51. The van der Waals surface area contributed by atoms with Crippen LogP contribution in [0.3, 0.4) is 0 Å². The standard InChI is InChI=1S/C10H8FN3O/c11-9-3-1-2-8(4-9)5-14-6-10(7-15)12-13-14/h1-4,6-7H,5H2. The van der Waals surface area contributed by atoms with E-state index < -0.39 is 0 Å². The van der Waals surface area contributed by atoms with Gasteiger partial charge in [-0.25, -0.2) is 9.07 Å². The molecule has 0 bridgehead atoms. The molecule has 0 fully saturated rings. The van der Waals surface area contributed by atoms with Crippen molar-refractivity contribution in [3.8, 4) is 0 Å². The molecule has 0 radical (unpaired) electrons. The number of halogens is 1. The molecule has 2 aromatic rings. The number of hydrogen-bond donors (Lipinski definition) is 0. The van der Waals surface area contributed by atoms with Crippen molar-refractivity contribution in [2.24, 2.45) is 0 Å². The normalized spacial score (nSPS) is 10.2. The number of aromatic nitrogens is 3. The number of nitrogens with zero attached hydrogens (tertiary/aromatic N) is 3. The highest BCUT2D eigenvalue weighted by atomic mass is 19.1. The third kappa shape index (κ3) is 2.25. The predicted molar refractivity (Wildman–Crippen MR) is 50.9 cm³/mol. The van der Waals surface area contributed by atoms with Gasteiger partial charge in [0.2, 0.25) is 0 Å². The van der Waals surface area contributed by atoms with E-state index >= 15 is 0 Å². The maximum absolute atomic E-state index is 12.8. The van der Waals surface area contributed by atoms with Gasteiger partial charge in [-0.3, -0.25) is 4.79 Å². The third-order valence-corrected chi connectivity index (χ3v) is 1.91. The highest BCUT2D eigenvalue weighted by Crippen LogP contribution is 2.05. The van der Waals surface area contributed by atoms with Gasteiger partial charge in [0.15, 0.2) is 6.29 Å². The zero-order chi connectivity index (χ0) is 10.7. The Morgan fingerprint density at radius 3 is 3.00 bits per heavy atom. The van der Waals surface area contributed by atoms with Crippen LogP contribution in [0, 0.1) is 5.82 Å². The van der Waals surface area contributed by atoms with Crippen LogP contribution in [0.1, 0.15) is 16.1 Å². The van der Waals surface area contributed by atoms with E-state index in [4.69, 9.17) is 0 Å². The maximum atomic E-state index is 12.8. The zero-order valence-corrected chi connectivity index (χ0v) is 7.80. The van der Waals surface area contributed by atoms with Gasteiger partial charge in [-0.1, -0.05) is 17.3 Å². The second-order valence-electron chi connectivity index (χ2n) is 3.09. The van der Waals surface area contributed by atoms with Crippen molar-refractivity contribution < 1.29 is 9.18 Å². The number of rotatable bonds is 3. The van der Waals surface area contributed by atoms with Gasteiger partial charge in [-0.2, -0.15) is 0 Å². The molecule has 0 N–H and O–H groups in total. The Morgan fingerprint density at radius 2 is 2.33 bits per heavy atom. The van der Waals surface area contributed by atoms with Crippen LogP contribution in [0.15, 0.2) is 30.5 Å². The number of carbonyl (C=O) groups excluding carboxylic acids is 1. The SMILES string of the molecule is O=Cc1cn(Cc2cccc(F)c2)nn1. The largest absolute Gasteiger partial charge is 0.296 e. The molecule has 1 aromatic carbocycles. The van der Waals surface area contributed by atoms with Crippen molar-refractivity contribution in [2.75, 3.05) is 0 Å². The average Bonchev–Trinajstić information content (AvgIpc) is 2.65. The molecule has 0 aliphatic heterocycles. The molecule has 4 nitrogen and oxygen atoms in total. The van der Waals surface area contributed by atoms with Gasteiger partial charge in [0.05, 0.1) is 12.7 Å². The molecule has 1 aromatic heterocycles. The maximum Gasteiger partial charge on any atom is 0.171 e. The van der Waals surface area contributed by atoms with Crippen LogP contribution in [-0.2, 0) is 6.54 Å². The fourth-order valence-electron chi connectivity index (χ4n) is 1.27. The first-order valence-corrected chi connectivity index (χ1v) is 4.37. The summed E-state index contributed by atoms with van der Waals surface area (Å²) in [6, 6.07) is 6.21. The van der Waals surface area contributed by atoms with Crippen molar-refractivity contribution in [1.29, 1.82) is 0 Å². The number of benzene rings is 1. The smallest absolute Gasteiger partial charge is 0.171 e. The topological polar surface area (TPSA) is 47.8 Å². The highest BCUT2D eigenvalue weighted by Gasteiger charge is 2.00. The van der Waals surface area contributed by atoms with E-state index in [0.29, 0.717) is 12.8 Å². The first-order chi connectivity index (χ1) is 7.28. The Kier molecular flexibility index (Phi) is 2.53. The molecule has 76 valence electrons. The first-order valence-electron chi connectivity index (χ1n) is 4.37. The number of carbonyl (C=O) groups is 1. The molecule has 0 aliphatic carbocycles. The molecule has 1 heterocycles. The van der Waals surface area contributed by atoms with Crippen LogP contribution >= 0.6 is 0 Å². The summed E-state index contributed by atoms with van der Waals surface area (Å²) in [5, 5.41) is 7.33. The Labute approximate surface area is 85.3 Å². The summed E-state index contributed by atoms with van der Waals surface area (Å²) in [6.07, 6.45) is 2.13. The second kappa shape index (κ2) is 4.00. The Balaban J connectivity index is 2.18. The fourth-order valence-corrected chi connectivity index (χ4v) is 1.27. The van der Waals surface area contributed by atoms with Crippen molar-refractivity contribution in [3.05, 3.63) is 47.5 Å². The van der Waals surface area contributed by atoms with Crippen LogP contribution in [-0.4, -0.2) is 21.3 Å². The third-order valence-electron chi connectivity index (χ3n) is 1.91. The Bertz CT molecular complexity index is 481. The molecule has 15 heavy (non-hydrogen) atoms. The fraction of sp³-hybridized carbons (Fsp3) is 0.100. The number of aldehydes is 1. The van der Waals surface area contributed by atoms with Gasteiger partial charge in [0.25, 0.3) is 0 Å². The van der Waals surface area contributed by atoms with E-state index in [1.807, 2.05) is 0 Å². The zero-order valence-electron chi connectivity index (χ0n) is 7.80. The lowest BCUT2D eigenvalue weighted by Crippen LogP contribution is -2.00. The number of hydrogen-bond acceptors (Lipinski definition) is 3. The van der Waals surface area contributed by atoms with Gasteiger partial charge in [-0.05, 0) is 17.7 Å². The van der Waals surface area contributed by atoms with E-state index in [1.165, 1.54) is 23.0 Å². The minimum absolute atomic E-state index is 0.270. The summed E-state index contributed by atoms with van der Waals surface area (Å²) < 4.78 is 14.3. The van der Waals surface area contributed by atoms with Gasteiger partial charge >= 0.3 is 0 Å². The predicted octanol–water partition coefficient (Wildman–Crippen LogP) is 1.28. The van der Waals surface area contributed by atoms with Crippen LogP contribution in [0.2, 0.25) is 0 Å². The van der Waals surface area contributed by atoms with E-state index in [-0.39, 0.29) is 11.5 Å². The lowest BCUT2D eigenvalue weighted by Gasteiger charge is -1.99. The lowest BCUT2D eigenvalue weighted by atomic mass is 10.2. The van der Waals surface area contributed by atoms with Crippen molar-refractivity contribution in [2.45, 2.75) is 6.54 Å². The monoisotopic (exact) mass is 205 g/mol. The summed E-state index contributed by atoms with van der Waals surface area (Å²) in [5.74, 6) is -0.289. The molecule has 0 amide bonds. The van der Waals surface area contributed by atoms with Gasteiger partial charge in [0.1, 0.15) is 11.5 Å². The second-order valence-corrected chi connectivity index (χ2v) is 3.09. The molecule has 0 atom stereocenters. The Hall–Kier alpha value is -2.04. The summed E-state index contributed by atoms with van der Waals surface area (Å²) in [4.78, 5) is 10.4. The summed E-state index contributed by atoms with van der Waals surface area (Å²) in [7, 11) is 0. The molecule has 0 saturated carbocycles. The summed E-state index contributed by atoms with van der Waals surface area (Å²) in [5.41, 5.74) is 1.05. The quantitative estimate of drug-likeness (QED) is 0.709. The molecule has 0 spiro atoms. The molecule has 0 saturated heterocycles. The molecule has 2 rings (SSSR count). The molecular weight excluding hydrogens is 197 g/mol. The van der Waals surface area contributed by atoms with Crippen LogP contribution < -0.4 is 0 Å². The van der Waals surface area contributed by atoms with Gasteiger partial charge in [-0.15, -0.1) is 5.10 Å². The Morgan fingerprint density at radius 1 is 1.47 bits per heavy atom. The summed E-state index contributed by atoms with van der Waals surface area (Å²) in [6.45, 7) is 0.401. The molecule has 0 unspecified atom stereocenters. The van der Waals surface area contributed by atoms with Crippen LogP contribution in [0.25, 0.3) is 0 Å². The van der Waals surface area contributed by atoms with Crippen molar-refractivity contribution in [3.63, 3.8) is 0 Å². The lowest BCUT2D eigenvalue weighted by molar-refractivity contribution is 0.111. The minimum atomic E-state index is -0.289. The molecular formula is C10H8FN3O. The van der Waals surface area contributed by atoms with E-state index in [1.54, 1.807) is 12.1 Å². The van der Waals surface area contributed by atoms with Gasteiger partial charge < -0.3 is 0 Å². The van der Waals surface area contributed by atoms with E-state index in [0.717, 1.165) is 5.56 Å². The van der Waals surface area contributed by atoms with Crippen molar-refractivity contribution >= 4 is 6.29 Å². The van der Waals surface area contributed by atoms with Crippen LogP contribution in [0.5, 0.6) is 0 Å². The highest BCUT2D eigenvalue weighted by molar-refractivity contribution is 5.70. The molecule has 5 heteroatoms. The van der Waals surface area contributed by atoms with Crippen LogP contribution in [0.4, 0.5) is 4.39 Å². The van der Waals surface area contributed by atoms with Crippen molar-refractivity contribution in [1.82, 2.24) is 15.0 Å². The van der Waals surface area contributed by atoms with E-state index in [2.05, 4.69) is 10.3 Å². The van der Waals surface area contributed by atoms with E-state index in [9.17, 15) is 9.18 Å². The average molecular weight is 205 g/mol. The summed E-state index contributed by atoms with van der Waals surface area (Å²) >= 11 is 0.